The van der Waals surface area contributed by atoms with Crippen molar-refractivity contribution in [3.05, 3.63) is 30.6 Å². The van der Waals surface area contributed by atoms with E-state index in [1.807, 2.05) is 18.5 Å². The molecule has 2 aliphatic rings. The summed E-state index contributed by atoms with van der Waals surface area (Å²) in [6, 6.07) is 6.23. The third kappa shape index (κ3) is 1.56. The molecule has 4 nitrogen and oxygen atoms in total. The van der Waals surface area contributed by atoms with Crippen LogP contribution in [-0.4, -0.2) is 36.1 Å². The lowest BCUT2D eigenvalue weighted by molar-refractivity contribution is 0.533. The molecule has 2 saturated heterocycles. The number of nitrogens with zero attached hydrogens (tertiary/aromatic N) is 3. The molecule has 0 amide bonds. The van der Waals surface area contributed by atoms with Crippen molar-refractivity contribution < 1.29 is 0 Å². The number of hydrogen-bond donors (Lipinski definition) is 1. The van der Waals surface area contributed by atoms with Crippen LogP contribution in [0.25, 0.3) is 10.9 Å². The van der Waals surface area contributed by atoms with Gasteiger partial charge in [0, 0.05) is 44.0 Å². The normalized spacial score (nSPS) is 26.8. The van der Waals surface area contributed by atoms with E-state index in [-0.39, 0.29) is 0 Å². The van der Waals surface area contributed by atoms with Gasteiger partial charge in [0.2, 0.25) is 0 Å². The molecule has 2 atom stereocenters. The van der Waals surface area contributed by atoms with Crippen LogP contribution in [-0.2, 0) is 0 Å². The molecule has 92 valence electrons. The molecule has 0 radical (unpaired) electrons. The van der Waals surface area contributed by atoms with Gasteiger partial charge in [0.25, 0.3) is 0 Å². The predicted molar refractivity (Wildman–Crippen MR) is 71.6 cm³/mol. The molecule has 0 saturated carbocycles. The van der Waals surface area contributed by atoms with Crippen molar-refractivity contribution in [2.45, 2.75) is 0 Å². The van der Waals surface area contributed by atoms with E-state index in [0.717, 1.165) is 41.6 Å². The fourth-order valence-electron chi connectivity index (χ4n) is 3.17. The second kappa shape index (κ2) is 3.92. The SMILES string of the molecule is c1cc2nc(N3CC4CNCC4C3)ccc2cn1. The van der Waals surface area contributed by atoms with Gasteiger partial charge in [0.15, 0.2) is 0 Å². The molecule has 4 heterocycles. The molecule has 2 unspecified atom stereocenters. The Balaban J connectivity index is 1.67. The highest BCUT2D eigenvalue weighted by Crippen LogP contribution is 2.30. The summed E-state index contributed by atoms with van der Waals surface area (Å²) in [6.07, 6.45) is 3.68. The van der Waals surface area contributed by atoms with Gasteiger partial charge >= 0.3 is 0 Å². The Hall–Kier alpha value is -1.68. The number of anilines is 1. The first-order valence-corrected chi connectivity index (χ1v) is 6.56. The molecule has 4 heteroatoms. The smallest absolute Gasteiger partial charge is 0.129 e. The average molecular weight is 240 g/mol. The van der Waals surface area contributed by atoms with Gasteiger partial charge < -0.3 is 10.2 Å². The van der Waals surface area contributed by atoms with Crippen molar-refractivity contribution in [1.29, 1.82) is 0 Å². The molecule has 1 N–H and O–H groups in total. The van der Waals surface area contributed by atoms with E-state index in [9.17, 15) is 0 Å². The highest BCUT2D eigenvalue weighted by atomic mass is 15.2. The summed E-state index contributed by atoms with van der Waals surface area (Å²) >= 11 is 0. The van der Waals surface area contributed by atoms with Gasteiger partial charge in [-0.1, -0.05) is 0 Å². The van der Waals surface area contributed by atoms with Crippen LogP contribution in [0.4, 0.5) is 5.82 Å². The van der Waals surface area contributed by atoms with Crippen LogP contribution in [0.15, 0.2) is 30.6 Å². The molecule has 2 aromatic rings. The van der Waals surface area contributed by atoms with Gasteiger partial charge in [-0.25, -0.2) is 4.98 Å². The van der Waals surface area contributed by atoms with Crippen molar-refractivity contribution >= 4 is 16.7 Å². The lowest BCUT2D eigenvalue weighted by atomic mass is 10.0. The van der Waals surface area contributed by atoms with Crippen LogP contribution in [0.1, 0.15) is 0 Å². The second-order valence-electron chi connectivity index (χ2n) is 5.32. The third-order valence-electron chi connectivity index (χ3n) is 4.19. The van der Waals surface area contributed by atoms with Gasteiger partial charge in [-0.2, -0.15) is 0 Å². The van der Waals surface area contributed by atoms with Crippen LogP contribution in [0.2, 0.25) is 0 Å². The van der Waals surface area contributed by atoms with E-state index in [1.54, 1.807) is 0 Å². The van der Waals surface area contributed by atoms with Gasteiger partial charge in [-0.15, -0.1) is 0 Å². The maximum atomic E-state index is 4.75. The van der Waals surface area contributed by atoms with Crippen LogP contribution >= 0.6 is 0 Å². The summed E-state index contributed by atoms with van der Waals surface area (Å²) < 4.78 is 0. The Morgan fingerprint density at radius 1 is 1.11 bits per heavy atom. The van der Waals surface area contributed by atoms with Crippen molar-refractivity contribution in [3.8, 4) is 0 Å². The number of fused-ring (bicyclic) bond motifs is 2. The Kier molecular flexibility index (Phi) is 2.23. The second-order valence-corrected chi connectivity index (χ2v) is 5.32. The zero-order valence-corrected chi connectivity index (χ0v) is 10.2. The summed E-state index contributed by atoms with van der Waals surface area (Å²) in [5, 5.41) is 4.58. The lowest BCUT2D eigenvalue weighted by Crippen LogP contribution is -2.26. The number of pyridine rings is 2. The molecular formula is C14H16N4. The average Bonchev–Trinajstić information content (AvgIpc) is 2.99. The maximum absolute atomic E-state index is 4.75. The Bertz CT molecular complexity index is 571. The quantitative estimate of drug-likeness (QED) is 0.815. The first-order chi connectivity index (χ1) is 8.90. The first-order valence-electron chi connectivity index (χ1n) is 6.56. The molecule has 2 aliphatic heterocycles. The summed E-state index contributed by atoms with van der Waals surface area (Å²) in [6.45, 7) is 4.61. The summed E-state index contributed by atoms with van der Waals surface area (Å²) in [5.74, 6) is 2.72. The highest BCUT2D eigenvalue weighted by Gasteiger charge is 2.36. The van der Waals surface area contributed by atoms with Crippen LogP contribution in [0.5, 0.6) is 0 Å². The maximum Gasteiger partial charge on any atom is 0.129 e. The van der Waals surface area contributed by atoms with Crippen molar-refractivity contribution in [1.82, 2.24) is 15.3 Å². The standard InChI is InChI=1S/C14H16N4/c1-2-14(17-13-3-4-15-5-10(1)13)18-8-11-6-16-7-12(11)9-18/h1-5,11-12,16H,6-9H2. The first kappa shape index (κ1) is 10.3. The van der Waals surface area contributed by atoms with E-state index >= 15 is 0 Å². The number of nitrogens with one attached hydrogen (secondary N) is 1. The zero-order valence-electron chi connectivity index (χ0n) is 10.2. The van der Waals surface area contributed by atoms with Crippen molar-refractivity contribution in [2.75, 3.05) is 31.1 Å². The molecule has 4 rings (SSSR count). The Morgan fingerprint density at radius 2 is 1.94 bits per heavy atom. The minimum Gasteiger partial charge on any atom is -0.356 e. The summed E-state index contributed by atoms with van der Waals surface area (Å²) in [4.78, 5) is 11.3. The molecule has 0 bridgehead atoms. The van der Waals surface area contributed by atoms with E-state index in [0.29, 0.717) is 0 Å². The molecule has 0 spiro atoms. The lowest BCUT2D eigenvalue weighted by Gasteiger charge is -2.18. The van der Waals surface area contributed by atoms with Crippen LogP contribution in [0, 0.1) is 11.8 Å². The minimum atomic E-state index is 0.805. The number of hydrogen-bond acceptors (Lipinski definition) is 4. The van der Waals surface area contributed by atoms with Gasteiger partial charge in [-0.3, -0.25) is 4.98 Å². The summed E-state index contributed by atoms with van der Waals surface area (Å²) in [5.41, 5.74) is 1.04. The summed E-state index contributed by atoms with van der Waals surface area (Å²) in [7, 11) is 0. The third-order valence-corrected chi connectivity index (χ3v) is 4.19. The van der Waals surface area contributed by atoms with Gasteiger partial charge in [0.1, 0.15) is 5.82 Å². The zero-order chi connectivity index (χ0) is 11.9. The Labute approximate surface area is 106 Å². The van der Waals surface area contributed by atoms with Crippen molar-refractivity contribution in [2.24, 2.45) is 11.8 Å². The highest BCUT2D eigenvalue weighted by molar-refractivity contribution is 5.79. The van der Waals surface area contributed by atoms with Crippen molar-refractivity contribution in [3.63, 3.8) is 0 Å². The molecule has 18 heavy (non-hydrogen) atoms. The molecular weight excluding hydrogens is 224 g/mol. The molecule has 0 aliphatic carbocycles. The number of aromatic nitrogens is 2. The number of rotatable bonds is 1. The van der Waals surface area contributed by atoms with E-state index in [4.69, 9.17) is 4.98 Å². The molecule has 2 aromatic heterocycles. The largest absolute Gasteiger partial charge is 0.356 e. The van der Waals surface area contributed by atoms with Gasteiger partial charge in [0.05, 0.1) is 5.52 Å². The Morgan fingerprint density at radius 3 is 2.78 bits per heavy atom. The minimum absolute atomic E-state index is 0.805. The van der Waals surface area contributed by atoms with E-state index in [1.165, 1.54) is 13.1 Å². The van der Waals surface area contributed by atoms with Gasteiger partial charge in [-0.05, 0) is 30.0 Å². The topological polar surface area (TPSA) is 41.1 Å². The fraction of sp³-hybridized carbons (Fsp3) is 0.429. The monoisotopic (exact) mass is 240 g/mol. The van der Waals surface area contributed by atoms with E-state index < -0.39 is 0 Å². The molecule has 0 aromatic carbocycles. The predicted octanol–water partition coefficient (Wildman–Crippen LogP) is 1.29. The van der Waals surface area contributed by atoms with E-state index in [2.05, 4.69) is 27.3 Å². The van der Waals surface area contributed by atoms with Crippen LogP contribution in [0.3, 0.4) is 0 Å². The molecule has 2 fully saturated rings. The van der Waals surface area contributed by atoms with Crippen LogP contribution < -0.4 is 10.2 Å². The fourth-order valence-corrected chi connectivity index (χ4v) is 3.17.